The summed E-state index contributed by atoms with van der Waals surface area (Å²) in [4.78, 5) is 42.4. The quantitative estimate of drug-likeness (QED) is 0.411. The Bertz CT molecular complexity index is 1440. The number of hydrogen-bond acceptors (Lipinski definition) is 6. The van der Waals surface area contributed by atoms with E-state index in [0.717, 1.165) is 4.90 Å². The van der Waals surface area contributed by atoms with E-state index in [4.69, 9.17) is 32.7 Å². The number of hydrogen-bond donors (Lipinski definition) is 1. The maximum atomic E-state index is 13.9. The van der Waals surface area contributed by atoms with E-state index in [1.54, 1.807) is 48.5 Å². The molecule has 2 aliphatic heterocycles. The SMILES string of the molecule is COc1ccc(OC)c(C2NN(C(=O)c3cccc(Br)c3)C3C(=O)N(c4ccc(Cl)cc4Cl)C(=O)C23)c1. The lowest BCUT2D eigenvalue weighted by molar-refractivity contribution is -0.123. The van der Waals surface area contributed by atoms with Gasteiger partial charge in [0.25, 0.3) is 11.8 Å². The topological polar surface area (TPSA) is 88.2 Å². The number of ether oxygens (including phenoxy) is 2. The molecule has 2 saturated heterocycles. The van der Waals surface area contributed by atoms with Crippen molar-refractivity contribution in [1.82, 2.24) is 10.4 Å². The van der Waals surface area contributed by atoms with Crippen LogP contribution in [0.4, 0.5) is 5.69 Å². The van der Waals surface area contributed by atoms with E-state index >= 15 is 0 Å². The number of nitrogens with zero attached hydrogens (tertiary/aromatic N) is 2. The molecule has 8 nitrogen and oxygen atoms in total. The Morgan fingerprint density at radius 3 is 2.43 bits per heavy atom. The fourth-order valence-corrected chi connectivity index (χ4v) is 5.67. The largest absolute Gasteiger partial charge is 0.497 e. The number of hydrazine groups is 1. The number of benzene rings is 3. The molecule has 3 aromatic carbocycles. The van der Waals surface area contributed by atoms with E-state index in [0.29, 0.717) is 32.1 Å². The van der Waals surface area contributed by atoms with Crippen molar-refractivity contribution in [2.45, 2.75) is 12.1 Å². The minimum atomic E-state index is -1.13. The molecule has 5 rings (SSSR count). The van der Waals surface area contributed by atoms with Crippen LogP contribution in [0.1, 0.15) is 22.0 Å². The van der Waals surface area contributed by atoms with Crippen LogP contribution in [0.15, 0.2) is 65.1 Å². The third-order valence-electron chi connectivity index (χ3n) is 6.45. The second-order valence-electron chi connectivity index (χ2n) is 8.48. The molecule has 1 N–H and O–H groups in total. The van der Waals surface area contributed by atoms with Crippen molar-refractivity contribution < 1.29 is 23.9 Å². The Kier molecular flexibility index (Phi) is 6.89. The number of carbonyl (C=O) groups excluding carboxylic acids is 3. The minimum absolute atomic E-state index is 0.141. The predicted molar refractivity (Wildman–Crippen MR) is 142 cm³/mol. The molecule has 3 amide bonds. The van der Waals surface area contributed by atoms with Crippen LogP contribution in [0.2, 0.25) is 10.0 Å². The summed E-state index contributed by atoms with van der Waals surface area (Å²) in [5, 5.41) is 1.72. The van der Waals surface area contributed by atoms with Gasteiger partial charge in [-0.2, -0.15) is 0 Å². The Labute approximate surface area is 231 Å². The molecule has 2 heterocycles. The van der Waals surface area contributed by atoms with Gasteiger partial charge in [-0.3, -0.25) is 19.4 Å². The van der Waals surface area contributed by atoms with Crippen molar-refractivity contribution in [2.75, 3.05) is 19.1 Å². The van der Waals surface area contributed by atoms with Crippen LogP contribution in [0.5, 0.6) is 11.5 Å². The molecule has 37 heavy (non-hydrogen) atoms. The molecule has 3 unspecified atom stereocenters. The molecule has 3 atom stereocenters. The van der Waals surface area contributed by atoms with Crippen LogP contribution in [0.25, 0.3) is 0 Å². The summed E-state index contributed by atoms with van der Waals surface area (Å²) in [5.74, 6) is -1.52. The fraction of sp³-hybridized carbons (Fsp3) is 0.192. The number of anilines is 1. The van der Waals surface area contributed by atoms with E-state index in [9.17, 15) is 14.4 Å². The summed E-state index contributed by atoms with van der Waals surface area (Å²) in [6.07, 6.45) is 0. The smallest absolute Gasteiger partial charge is 0.268 e. The first-order chi connectivity index (χ1) is 17.7. The first-order valence-corrected chi connectivity index (χ1v) is 12.7. The molecule has 0 spiro atoms. The van der Waals surface area contributed by atoms with Gasteiger partial charge in [0.2, 0.25) is 5.91 Å². The summed E-state index contributed by atoms with van der Waals surface area (Å²) in [5.41, 5.74) is 4.21. The summed E-state index contributed by atoms with van der Waals surface area (Å²) in [6.45, 7) is 0. The molecule has 0 bridgehead atoms. The van der Waals surface area contributed by atoms with Gasteiger partial charge in [-0.1, -0.05) is 45.2 Å². The van der Waals surface area contributed by atoms with Crippen LogP contribution in [-0.4, -0.2) is 43.0 Å². The third kappa shape index (κ3) is 4.35. The number of amides is 3. The number of imide groups is 1. The highest BCUT2D eigenvalue weighted by molar-refractivity contribution is 9.10. The van der Waals surface area contributed by atoms with Gasteiger partial charge in [-0.05, 0) is 54.6 Å². The van der Waals surface area contributed by atoms with Gasteiger partial charge in [-0.15, -0.1) is 0 Å². The van der Waals surface area contributed by atoms with Crippen LogP contribution in [-0.2, 0) is 9.59 Å². The van der Waals surface area contributed by atoms with Gasteiger partial charge in [0.1, 0.15) is 17.5 Å². The van der Waals surface area contributed by atoms with Gasteiger partial charge in [-0.25, -0.2) is 10.3 Å². The molecular formula is C26H20BrCl2N3O5. The summed E-state index contributed by atoms with van der Waals surface area (Å²) < 4.78 is 11.6. The standard InChI is InChI=1S/C26H20BrCl2N3O5/c1-36-16-7-9-20(37-2)17(12-16)22-21-23(32(30-22)24(33)13-4-3-5-14(27)10-13)26(35)31(25(21)34)19-8-6-15(28)11-18(19)29/h3-12,21-23,30H,1-2H3. The van der Waals surface area contributed by atoms with Crippen LogP contribution < -0.4 is 19.8 Å². The Morgan fingerprint density at radius 1 is 0.973 bits per heavy atom. The van der Waals surface area contributed by atoms with Crippen molar-refractivity contribution in [3.05, 3.63) is 86.3 Å². The third-order valence-corrected chi connectivity index (χ3v) is 7.48. The monoisotopic (exact) mass is 603 g/mol. The molecule has 3 aromatic rings. The molecular weight excluding hydrogens is 585 g/mol. The number of fused-ring (bicyclic) bond motifs is 1. The van der Waals surface area contributed by atoms with Crippen molar-refractivity contribution in [3.8, 4) is 11.5 Å². The second-order valence-corrected chi connectivity index (χ2v) is 10.2. The average molecular weight is 605 g/mol. The molecule has 0 aliphatic carbocycles. The molecule has 0 radical (unpaired) electrons. The van der Waals surface area contributed by atoms with E-state index < -0.39 is 35.7 Å². The Morgan fingerprint density at radius 2 is 1.76 bits per heavy atom. The van der Waals surface area contributed by atoms with Gasteiger partial charge < -0.3 is 9.47 Å². The van der Waals surface area contributed by atoms with Crippen LogP contribution in [0.3, 0.4) is 0 Å². The average Bonchev–Trinajstić information content (AvgIpc) is 3.40. The number of carbonyl (C=O) groups is 3. The summed E-state index contributed by atoms with van der Waals surface area (Å²) in [6, 6.07) is 14.5. The van der Waals surface area contributed by atoms with Gasteiger partial charge in [0.05, 0.1) is 36.9 Å². The van der Waals surface area contributed by atoms with Crippen LogP contribution >= 0.6 is 39.1 Å². The highest BCUT2D eigenvalue weighted by Crippen LogP contribution is 2.46. The van der Waals surface area contributed by atoms with E-state index in [1.807, 2.05) is 0 Å². The predicted octanol–water partition coefficient (Wildman–Crippen LogP) is 5.03. The van der Waals surface area contributed by atoms with Gasteiger partial charge in [0.15, 0.2) is 0 Å². The van der Waals surface area contributed by atoms with Crippen molar-refractivity contribution in [3.63, 3.8) is 0 Å². The van der Waals surface area contributed by atoms with Crippen LogP contribution in [0, 0.1) is 5.92 Å². The zero-order valence-corrected chi connectivity index (χ0v) is 22.7. The fourth-order valence-electron chi connectivity index (χ4n) is 4.78. The molecule has 2 aliphatic rings. The van der Waals surface area contributed by atoms with E-state index in [2.05, 4.69) is 21.4 Å². The van der Waals surface area contributed by atoms with Gasteiger partial charge >= 0.3 is 0 Å². The second kappa shape index (κ2) is 9.98. The molecule has 0 saturated carbocycles. The molecule has 190 valence electrons. The maximum absolute atomic E-state index is 13.9. The zero-order valence-electron chi connectivity index (χ0n) is 19.6. The van der Waals surface area contributed by atoms with Crippen molar-refractivity contribution >= 4 is 62.5 Å². The molecule has 2 fully saturated rings. The maximum Gasteiger partial charge on any atom is 0.268 e. The number of halogens is 3. The number of methoxy groups -OCH3 is 2. The first-order valence-electron chi connectivity index (χ1n) is 11.1. The Hall–Kier alpha value is -3.11. The van der Waals surface area contributed by atoms with E-state index in [-0.39, 0.29) is 10.7 Å². The number of nitrogens with one attached hydrogen (secondary N) is 1. The lowest BCUT2D eigenvalue weighted by atomic mass is 9.90. The lowest BCUT2D eigenvalue weighted by Gasteiger charge is -2.26. The minimum Gasteiger partial charge on any atom is -0.497 e. The zero-order chi connectivity index (χ0) is 26.4. The lowest BCUT2D eigenvalue weighted by Crippen LogP contribution is -2.48. The Balaban J connectivity index is 1.64. The van der Waals surface area contributed by atoms with E-state index in [1.165, 1.54) is 31.4 Å². The first kappa shape index (κ1) is 25.5. The molecule has 11 heteroatoms. The highest BCUT2D eigenvalue weighted by atomic mass is 79.9. The number of rotatable bonds is 5. The molecule has 0 aromatic heterocycles. The van der Waals surface area contributed by atoms with Crippen molar-refractivity contribution in [1.29, 1.82) is 0 Å². The van der Waals surface area contributed by atoms with Gasteiger partial charge in [0, 0.05) is 20.6 Å². The normalized spacial score (nSPS) is 20.8. The van der Waals surface area contributed by atoms with Crippen molar-refractivity contribution in [2.24, 2.45) is 5.92 Å². The highest BCUT2D eigenvalue weighted by Gasteiger charge is 2.61. The summed E-state index contributed by atoms with van der Waals surface area (Å²) in [7, 11) is 3.03. The summed E-state index contributed by atoms with van der Waals surface area (Å²) >= 11 is 15.8.